The summed E-state index contributed by atoms with van der Waals surface area (Å²) in [5, 5.41) is 0. The smallest absolute Gasteiger partial charge is 0.409 e. The molecular weight excluding hydrogens is 406 g/mol. The van der Waals surface area contributed by atoms with Crippen molar-refractivity contribution in [3.63, 3.8) is 0 Å². The van der Waals surface area contributed by atoms with Crippen LogP contribution in [0.3, 0.4) is 0 Å². The van der Waals surface area contributed by atoms with Gasteiger partial charge >= 0.3 is 6.09 Å². The third-order valence-electron chi connectivity index (χ3n) is 5.80. The topological polar surface area (TPSA) is 87.2 Å². The van der Waals surface area contributed by atoms with Gasteiger partial charge in [-0.3, -0.25) is 4.79 Å². The molecule has 0 aliphatic carbocycles. The number of benzene rings is 1. The van der Waals surface area contributed by atoms with Gasteiger partial charge in [0.05, 0.1) is 17.4 Å². The molecule has 2 amide bonds. The maximum absolute atomic E-state index is 13.0. The molecule has 2 saturated heterocycles. The van der Waals surface area contributed by atoms with Crippen molar-refractivity contribution in [2.24, 2.45) is 5.92 Å². The van der Waals surface area contributed by atoms with E-state index in [1.165, 1.54) is 4.31 Å². The summed E-state index contributed by atoms with van der Waals surface area (Å²) in [5.74, 6) is -0.266. The molecule has 166 valence electrons. The first-order valence-electron chi connectivity index (χ1n) is 10.5. The number of ether oxygens (including phenoxy) is 1. The Morgan fingerprint density at radius 1 is 1.07 bits per heavy atom. The Morgan fingerprint density at radius 2 is 1.77 bits per heavy atom. The number of hydrogen-bond donors (Lipinski definition) is 0. The second kappa shape index (κ2) is 9.34. The number of carbonyl (C=O) groups excluding carboxylic acids is 2. The van der Waals surface area contributed by atoms with Gasteiger partial charge in [0.2, 0.25) is 15.9 Å². The monoisotopic (exact) mass is 437 g/mol. The number of carbonyl (C=O) groups is 2. The van der Waals surface area contributed by atoms with Gasteiger partial charge in [-0.2, -0.15) is 4.31 Å². The highest BCUT2D eigenvalue weighted by atomic mass is 32.2. The second-order valence-electron chi connectivity index (χ2n) is 7.98. The molecular formula is C21H31N3O5S. The summed E-state index contributed by atoms with van der Waals surface area (Å²) in [6, 6.07) is 5.33. The van der Waals surface area contributed by atoms with Gasteiger partial charge in [-0.1, -0.05) is 17.7 Å². The first kappa shape index (κ1) is 22.6. The molecule has 2 aliphatic heterocycles. The predicted molar refractivity (Wildman–Crippen MR) is 113 cm³/mol. The van der Waals surface area contributed by atoms with Crippen molar-refractivity contribution in [1.29, 1.82) is 0 Å². The molecule has 0 spiro atoms. The maximum Gasteiger partial charge on any atom is 0.409 e. The average molecular weight is 438 g/mol. The third kappa shape index (κ3) is 4.78. The molecule has 2 aliphatic rings. The fraction of sp³-hybridized carbons (Fsp3) is 0.619. The van der Waals surface area contributed by atoms with Gasteiger partial charge in [-0.05, 0) is 45.2 Å². The molecule has 2 fully saturated rings. The van der Waals surface area contributed by atoms with E-state index in [9.17, 15) is 18.0 Å². The zero-order valence-electron chi connectivity index (χ0n) is 18.0. The SMILES string of the molecule is CCOC(=O)N1CCC[C@H](C(=O)N2CCN(S(=O)(=O)c3ccc(C)cc3C)CC2)C1. The lowest BCUT2D eigenvalue weighted by atomic mass is 9.96. The number of aryl methyl sites for hydroxylation is 2. The average Bonchev–Trinajstić information content (AvgIpc) is 2.73. The van der Waals surface area contributed by atoms with E-state index in [0.29, 0.717) is 37.7 Å². The van der Waals surface area contributed by atoms with Crippen LogP contribution in [0.5, 0.6) is 0 Å². The highest BCUT2D eigenvalue weighted by molar-refractivity contribution is 7.89. The molecule has 0 unspecified atom stereocenters. The zero-order chi connectivity index (χ0) is 21.9. The van der Waals surface area contributed by atoms with E-state index in [1.54, 1.807) is 35.8 Å². The number of piperazine rings is 1. The van der Waals surface area contributed by atoms with Crippen LogP contribution in [0.25, 0.3) is 0 Å². The maximum atomic E-state index is 13.0. The van der Waals surface area contributed by atoms with Crippen molar-refractivity contribution in [3.8, 4) is 0 Å². The standard InChI is InChI=1S/C21H31N3O5S/c1-4-29-21(26)23-9-5-6-18(15-23)20(25)22-10-12-24(13-11-22)30(27,28)19-8-7-16(2)14-17(19)3/h7-8,14,18H,4-6,9-13,15H2,1-3H3/t18-/m0/s1. The van der Waals surface area contributed by atoms with Gasteiger partial charge in [0.25, 0.3) is 0 Å². The molecule has 0 aromatic heterocycles. The number of amides is 2. The van der Waals surface area contributed by atoms with Gasteiger partial charge < -0.3 is 14.5 Å². The lowest BCUT2D eigenvalue weighted by molar-refractivity contribution is -0.138. The van der Waals surface area contributed by atoms with Crippen molar-refractivity contribution in [2.75, 3.05) is 45.9 Å². The lowest BCUT2D eigenvalue weighted by Gasteiger charge is -2.38. The molecule has 0 saturated carbocycles. The van der Waals surface area contributed by atoms with Crippen LogP contribution >= 0.6 is 0 Å². The van der Waals surface area contributed by atoms with Crippen molar-refractivity contribution in [1.82, 2.24) is 14.1 Å². The van der Waals surface area contributed by atoms with Crippen molar-refractivity contribution in [3.05, 3.63) is 29.3 Å². The molecule has 0 bridgehead atoms. The number of hydrogen-bond acceptors (Lipinski definition) is 5. The molecule has 0 N–H and O–H groups in total. The summed E-state index contributed by atoms with van der Waals surface area (Å²) < 4.78 is 32.6. The van der Waals surface area contributed by atoms with Crippen molar-refractivity contribution >= 4 is 22.0 Å². The van der Waals surface area contributed by atoms with E-state index >= 15 is 0 Å². The van der Waals surface area contributed by atoms with Crippen LogP contribution in [0.1, 0.15) is 30.9 Å². The second-order valence-corrected chi connectivity index (χ2v) is 9.89. The molecule has 1 aromatic carbocycles. The van der Waals surface area contributed by atoms with Crippen LogP contribution in [0.15, 0.2) is 23.1 Å². The molecule has 9 heteroatoms. The number of likely N-dealkylation sites (tertiary alicyclic amines) is 1. The van der Waals surface area contributed by atoms with Gasteiger partial charge in [0, 0.05) is 39.3 Å². The Balaban J connectivity index is 1.61. The zero-order valence-corrected chi connectivity index (χ0v) is 18.8. The Labute approximate surface area is 178 Å². The lowest BCUT2D eigenvalue weighted by Crippen LogP contribution is -2.54. The van der Waals surface area contributed by atoms with Crippen LogP contribution in [0, 0.1) is 19.8 Å². The third-order valence-corrected chi connectivity index (χ3v) is 7.85. The summed E-state index contributed by atoms with van der Waals surface area (Å²) >= 11 is 0. The van der Waals surface area contributed by atoms with Crippen molar-refractivity contribution < 1.29 is 22.7 Å². The van der Waals surface area contributed by atoms with E-state index in [1.807, 2.05) is 13.0 Å². The highest BCUT2D eigenvalue weighted by Crippen LogP contribution is 2.24. The molecule has 8 nitrogen and oxygen atoms in total. The number of rotatable bonds is 4. The van der Waals surface area contributed by atoms with Crippen LogP contribution in [0.2, 0.25) is 0 Å². The van der Waals surface area contributed by atoms with Crippen LogP contribution in [-0.4, -0.2) is 80.4 Å². The van der Waals surface area contributed by atoms with Gasteiger partial charge in [-0.25, -0.2) is 13.2 Å². The first-order valence-corrected chi connectivity index (χ1v) is 12.0. The van der Waals surface area contributed by atoms with E-state index in [-0.39, 0.29) is 31.0 Å². The summed E-state index contributed by atoms with van der Waals surface area (Å²) in [6.45, 7) is 8.04. The summed E-state index contributed by atoms with van der Waals surface area (Å²) in [6.07, 6.45) is 1.12. The predicted octanol–water partition coefficient (Wildman–Crippen LogP) is 2.00. The fourth-order valence-corrected chi connectivity index (χ4v) is 5.82. The molecule has 3 rings (SSSR count). The largest absolute Gasteiger partial charge is 0.450 e. The molecule has 30 heavy (non-hydrogen) atoms. The van der Waals surface area contributed by atoms with Crippen LogP contribution < -0.4 is 0 Å². The van der Waals surface area contributed by atoms with Crippen LogP contribution in [0.4, 0.5) is 4.79 Å². The fourth-order valence-electron chi connectivity index (χ4n) is 4.19. The van der Waals surface area contributed by atoms with E-state index in [4.69, 9.17) is 4.74 Å². The number of nitrogens with zero attached hydrogens (tertiary/aromatic N) is 3. The number of piperidine rings is 1. The van der Waals surface area contributed by atoms with E-state index in [2.05, 4.69) is 0 Å². The normalized spacial score (nSPS) is 20.8. The minimum Gasteiger partial charge on any atom is -0.450 e. The summed E-state index contributed by atoms with van der Waals surface area (Å²) in [5.41, 5.74) is 1.75. The van der Waals surface area contributed by atoms with Crippen molar-refractivity contribution in [2.45, 2.75) is 38.5 Å². The summed E-state index contributed by atoms with van der Waals surface area (Å²) in [4.78, 5) is 28.6. The molecule has 1 atom stereocenters. The van der Waals surface area contributed by atoms with Crippen LogP contribution in [-0.2, 0) is 19.6 Å². The minimum atomic E-state index is -3.58. The molecule has 2 heterocycles. The molecule has 0 radical (unpaired) electrons. The van der Waals surface area contributed by atoms with E-state index < -0.39 is 10.0 Å². The van der Waals surface area contributed by atoms with Gasteiger partial charge in [0.15, 0.2) is 0 Å². The Bertz CT molecular complexity index is 894. The molecule has 1 aromatic rings. The highest BCUT2D eigenvalue weighted by Gasteiger charge is 2.35. The first-order chi connectivity index (χ1) is 14.2. The summed E-state index contributed by atoms with van der Waals surface area (Å²) in [7, 11) is -3.58. The van der Waals surface area contributed by atoms with Gasteiger partial charge in [0.1, 0.15) is 0 Å². The number of sulfonamides is 1. The Morgan fingerprint density at radius 3 is 2.40 bits per heavy atom. The van der Waals surface area contributed by atoms with Gasteiger partial charge in [-0.15, -0.1) is 0 Å². The van der Waals surface area contributed by atoms with E-state index in [0.717, 1.165) is 24.0 Å². The quantitative estimate of drug-likeness (QED) is 0.719. The Kier molecular flexibility index (Phi) is 7.02. The Hall–Kier alpha value is -2.13. The minimum absolute atomic E-state index is 0.00689.